The number of benzene rings is 1. The molecule has 7 nitrogen and oxygen atoms in total. The molecule has 10 heteroatoms. The standard InChI is InChI=1S/C21H16N4O3S3/c1-25-20(26)17-14(15-7-4-8-29-15)10-30-19(17)23-21(25)31-11-16-22-18(24-28-16)12-5-3-6-13(9-12)27-2/h3-10H,11H2,1-2H3. The minimum atomic E-state index is -0.0558. The fourth-order valence-corrected chi connectivity index (χ4v) is 5.73. The minimum absolute atomic E-state index is 0.0558. The first-order valence-electron chi connectivity index (χ1n) is 9.26. The lowest BCUT2D eigenvalue weighted by atomic mass is 10.2. The molecule has 31 heavy (non-hydrogen) atoms. The number of nitrogens with zero attached hydrogens (tertiary/aromatic N) is 4. The molecule has 0 N–H and O–H groups in total. The molecule has 0 amide bonds. The van der Waals surface area contributed by atoms with Crippen molar-refractivity contribution in [2.45, 2.75) is 10.9 Å². The highest BCUT2D eigenvalue weighted by Crippen LogP contribution is 2.34. The summed E-state index contributed by atoms with van der Waals surface area (Å²) in [5.74, 6) is 2.09. The van der Waals surface area contributed by atoms with Gasteiger partial charge in [0.05, 0.1) is 18.2 Å². The molecular weight excluding hydrogens is 452 g/mol. The highest BCUT2D eigenvalue weighted by molar-refractivity contribution is 7.98. The molecule has 0 atom stereocenters. The second-order valence-electron chi connectivity index (χ2n) is 6.60. The molecule has 4 heterocycles. The monoisotopic (exact) mass is 468 g/mol. The largest absolute Gasteiger partial charge is 0.497 e. The van der Waals surface area contributed by atoms with Crippen LogP contribution in [0.3, 0.4) is 0 Å². The summed E-state index contributed by atoms with van der Waals surface area (Å²) in [6, 6.07) is 11.5. The Morgan fingerprint density at radius 3 is 2.90 bits per heavy atom. The van der Waals surface area contributed by atoms with Gasteiger partial charge in [-0.05, 0) is 23.6 Å². The maximum absolute atomic E-state index is 13.0. The van der Waals surface area contributed by atoms with E-state index in [1.165, 1.54) is 23.1 Å². The Bertz CT molecular complexity index is 1420. The van der Waals surface area contributed by atoms with Crippen molar-refractivity contribution in [1.29, 1.82) is 0 Å². The molecule has 0 bridgehead atoms. The number of rotatable bonds is 6. The maximum Gasteiger partial charge on any atom is 0.263 e. The molecule has 0 spiro atoms. The van der Waals surface area contributed by atoms with E-state index in [4.69, 9.17) is 14.2 Å². The Balaban J connectivity index is 1.40. The Morgan fingerprint density at radius 1 is 1.19 bits per heavy atom. The van der Waals surface area contributed by atoms with Gasteiger partial charge in [0.1, 0.15) is 10.6 Å². The molecule has 1 aromatic carbocycles. The van der Waals surface area contributed by atoms with E-state index in [0.29, 0.717) is 28.0 Å². The molecular formula is C21H16N4O3S3. The van der Waals surface area contributed by atoms with Crippen LogP contribution < -0.4 is 10.3 Å². The number of methoxy groups -OCH3 is 1. The summed E-state index contributed by atoms with van der Waals surface area (Å²) in [6.07, 6.45) is 0. The predicted molar refractivity (Wildman–Crippen MR) is 124 cm³/mol. The van der Waals surface area contributed by atoms with Gasteiger partial charge >= 0.3 is 0 Å². The van der Waals surface area contributed by atoms with Crippen LogP contribution in [0.4, 0.5) is 0 Å². The Morgan fingerprint density at radius 2 is 2.10 bits per heavy atom. The fourth-order valence-electron chi connectivity index (χ4n) is 3.11. The molecule has 4 aromatic heterocycles. The molecule has 0 aliphatic rings. The van der Waals surface area contributed by atoms with Crippen molar-refractivity contribution in [2.75, 3.05) is 7.11 Å². The van der Waals surface area contributed by atoms with E-state index in [9.17, 15) is 4.79 Å². The van der Waals surface area contributed by atoms with Crippen molar-refractivity contribution in [3.8, 4) is 27.6 Å². The maximum atomic E-state index is 13.0. The normalized spacial score (nSPS) is 11.3. The van der Waals surface area contributed by atoms with E-state index in [-0.39, 0.29) is 5.56 Å². The Kier molecular flexibility index (Phi) is 5.34. The van der Waals surface area contributed by atoms with Crippen LogP contribution in [0.2, 0.25) is 0 Å². The van der Waals surface area contributed by atoms with Crippen molar-refractivity contribution in [3.63, 3.8) is 0 Å². The number of aromatic nitrogens is 4. The van der Waals surface area contributed by atoms with Gasteiger partial charge in [-0.25, -0.2) is 4.98 Å². The summed E-state index contributed by atoms with van der Waals surface area (Å²) in [5.41, 5.74) is 1.70. The number of hydrogen-bond acceptors (Lipinski definition) is 9. The molecule has 0 fully saturated rings. The molecule has 0 unspecified atom stereocenters. The molecule has 0 saturated heterocycles. The van der Waals surface area contributed by atoms with Gasteiger partial charge in [0, 0.05) is 28.4 Å². The van der Waals surface area contributed by atoms with Crippen LogP contribution in [0.25, 0.3) is 32.0 Å². The first-order valence-corrected chi connectivity index (χ1v) is 12.0. The van der Waals surface area contributed by atoms with Gasteiger partial charge in [-0.15, -0.1) is 22.7 Å². The summed E-state index contributed by atoms with van der Waals surface area (Å²) in [7, 11) is 3.35. The van der Waals surface area contributed by atoms with E-state index in [2.05, 4.69) is 10.1 Å². The summed E-state index contributed by atoms with van der Waals surface area (Å²) in [6.45, 7) is 0. The summed E-state index contributed by atoms with van der Waals surface area (Å²) in [4.78, 5) is 24.0. The molecule has 0 aliphatic heterocycles. The number of ether oxygens (including phenoxy) is 1. The number of thioether (sulfide) groups is 1. The van der Waals surface area contributed by atoms with Crippen molar-refractivity contribution < 1.29 is 9.26 Å². The van der Waals surface area contributed by atoms with Crippen LogP contribution in [0.5, 0.6) is 5.75 Å². The molecule has 0 radical (unpaired) electrons. The van der Waals surface area contributed by atoms with E-state index in [0.717, 1.165) is 26.6 Å². The topological polar surface area (TPSA) is 83.0 Å². The zero-order valence-electron chi connectivity index (χ0n) is 16.6. The van der Waals surface area contributed by atoms with Crippen LogP contribution in [0.15, 0.2) is 61.6 Å². The van der Waals surface area contributed by atoms with Crippen LogP contribution in [0, 0.1) is 0 Å². The van der Waals surface area contributed by atoms with E-state index >= 15 is 0 Å². The second kappa shape index (κ2) is 8.29. The quantitative estimate of drug-likeness (QED) is 0.254. The van der Waals surface area contributed by atoms with Crippen LogP contribution in [-0.2, 0) is 12.8 Å². The van der Waals surface area contributed by atoms with Gasteiger partial charge in [-0.1, -0.05) is 35.1 Å². The number of thiophene rings is 2. The van der Waals surface area contributed by atoms with E-state index in [1.54, 1.807) is 30.1 Å². The number of fused-ring (bicyclic) bond motifs is 1. The van der Waals surface area contributed by atoms with Gasteiger partial charge in [0.2, 0.25) is 11.7 Å². The fraction of sp³-hybridized carbons (Fsp3) is 0.143. The van der Waals surface area contributed by atoms with E-state index in [1.807, 2.05) is 47.2 Å². The average Bonchev–Trinajstić information content (AvgIpc) is 3.55. The van der Waals surface area contributed by atoms with Crippen molar-refractivity contribution in [3.05, 3.63) is 63.4 Å². The van der Waals surface area contributed by atoms with Gasteiger partial charge < -0.3 is 9.26 Å². The van der Waals surface area contributed by atoms with Crippen LogP contribution >= 0.6 is 34.4 Å². The van der Waals surface area contributed by atoms with Gasteiger partial charge in [-0.3, -0.25) is 9.36 Å². The predicted octanol–water partition coefficient (Wildman–Crippen LogP) is 5.07. The molecule has 5 rings (SSSR count). The first-order chi connectivity index (χ1) is 15.1. The van der Waals surface area contributed by atoms with Crippen molar-refractivity contribution in [2.24, 2.45) is 7.05 Å². The van der Waals surface area contributed by atoms with E-state index < -0.39 is 0 Å². The van der Waals surface area contributed by atoms with Gasteiger partial charge in [0.25, 0.3) is 5.56 Å². The SMILES string of the molecule is COc1cccc(-c2noc(CSc3nc4scc(-c5cccs5)c4c(=O)n3C)n2)c1. The van der Waals surface area contributed by atoms with Crippen LogP contribution in [-0.4, -0.2) is 26.8 Å². The lowest BCUT2D eigenvalue weighted by Crippen LogP contribution is -2.19. The summed E-state index contributed by atoms with van der Waals surface area (Å²) >= 11 is 4.49. The Labute approximate surface area is 189 Å². The van der Waals surface area contributed by atoms with Gasteiger partial charge in [0.15, 0.2) is 5.16 Å². The third-order valence-electron chi connectivity index (χ3n) is 4.68. The van der Waals surface area contributed by atoms with Gasteiger partial charge in [-0.2, -0.15) is 4.98 Å². The molecule has 5 aromatic rings. The highest BCUT2D eigenvalue weighted by Gasteiger charge is 2.17. The van der Waals surface area contributed by atoms with Crippen molar-refractivity contribution in [1.82, 2.24) is 19.7 Å². The first kappa shape index (κ1) is 20.0. The Hall–Kier alpha value is -2.95. The molecule has 0 aliphatic carbocycles. The number of hydrogen-bond donors (Lipinski definition) is 0. The highest BCUT2D eigenvalue weighted by atomic mass is 32.2. The second-order valence-corrected chi connectivity index (χ2v) is 9.35. The minimum Gasteiger partial charge on any atom is -0.497 e. The zero-order chi connectivity index (χ0) is 21.4. The molecule has 156 valence electrons. The van der Waals surface area contributed by atoms with Crippen molar-refractivity contribution >= 4 is 44.7 Å². The smallest absolute Gasteiger partial charge is 0.263 e. The average molecular weight is 469 g/mol. The molecule has 0 saturated carbocycles. The zero-order valence-corrected chi connectivity index (χ0v) is 19.0. The third-order valence-corrected chi connectivity index (χ3v) is 7.47. The third kappa shape index (κ3) is 3.78. The summed E-state index contributed by atoms with van der Waals surface area (Å²) < 4.78 is 12.2. The lowest BCUT2D eigenvalue weighted by molar-refractivity contribution is 0.391. The lowest BCUT2D eigenvalue weighted by Gasteiger charge is -2.06. The van der Waals surface area contributed by atoms with Crippen LogP contribution in [0.1, 0.15) is 5.89 Å². The summed E-state index contributed by atoms with van der Waals surface area (Å²) in [5, 5.41) is 9.33.